The zero-order valence-corrected chi connectivity index (χ0v) is 12.9. The van der Waals surface area contributed by atoms with E-state index in [9.17, 15) is 13.2 Å². The lowest BCUT2D eigenvalue weighted by Crippen LogP contribution is -2.43. The van der Waals surface area contributed by atoms with Crippen molar-refractivity contribution in [3.05, 3.63) is 23.8 Å². The topological polar surface area (TPSA) is 98.3 Å². The van der Waals surface area contributed by atoms with Crippen molar-refractivity contribution >= 4 is 15.7 Å². The molecule has 0 saturated carbocycles. The molecule has 1 aliphatic rings. The van der Waals surface area contributed by atoms with Crippen molar-refractivity contribution in [2.24, 2.45) is 0 Å². The number of methoxy groups -OCH3 is 1. The molecule has 7 nitrogen and oxygen atoms in total. The van der Waals surface area contributed by atoms with E-state index >= 15 is 0 Å². The zero-order valence-electron chi connectivity index (χ0n) is 12.1. The highest BCUT2D eigenvalue weighted by Gasteiger charge is 2.39. The first-order chi connectivity index (χ1) is 9.96. The van der Waals surface area contributed by atoms with Crippen LogP contribution in [0.15, 0.2) is 12.5 Å². The van der Waals surface area contributed by atoms with E-state index in [4.69, 9.17) is 4.74 Å². The number of nitrogens with zero attached hydrogens (tertiary/aromatic N) is 2. The number of carbonyl (C=O) groups excluding carboxylic acids is 1. The first kappa shape index (κ1) is 15.8. The van der Waals surface area contributed by atoms with E-state index in [1.165, 1.54) is 19.6 Å². The fourth-order valence-corrected chi connectivity index (χ4v) is 4.26. The summed E-state index contributed by atoms with van der Waals surface area (Å²) in [7, 11) is -1.73. The first-order valence-electron chi connectivity index (χ1n) is 6.79. The molecule has 0 bridgehead atoms. The third kappa shape index (κ3) is 3.76. The molecule has 1 N–H and O–H groups in total. The second-order valence-electron chi connectivity index (χ2n) is 5.06. The van der Waals surface area contributed by atoms with Crippen LogP contribution in [0.4, 0.5) is 0 Å². The maximum atomic E-state index is 12.3. The fraction of sp³-hybridized carbons (Fsp3) is 0.615. The second-order valence-corrected chi connectivity index (χ2v) is 7.22. The molecule has 1 fully saturated rings. The van der Waals surface area contributed by atoms with E-state index in [2.05, 4.69) is 15.3 Å². The van der Waals surface area contributed by atoms with Gasteiger partial charge in [-0.1, -0.05) is 13.3 Å². The lowest BCUT2D eigenvalue weighted by molar-refractivity contribution is 0.0785. The minimum Gasteiger partial charge on any atom is -0.378 e. The van der Waals surface area contributed by atoms with Crippen LogP contribution in [0.1, 0.15) is 29.4 Å². The van der Waals surface area contributed by atoms with Crippen LogP contribution in [-0.4, -0.2) is 55.1 Å². The number of ether oxygens (including phenoxy) is 1. The Morgan fingerprint density at radius 2 is 2.24 bits per heavy atom. The molecule has 2 atom stereocenters. The number of sulfone groups is 1. The summed E-state index contributed by atoms with van der Waals surface area (Å²) in [6.45, 7) is 1.99. The van der Waals surface area contributed by atoms with Gasteiger partial charge in [0.15, 0.2) is 9.84 Å². The Kier molecular flexibility index (Phi) is 4.89. The van der Waals surface area contributed by atoms with E-state index in [0.29, 0.717) is 17.7 Å². The van der Waals surface area contributed by atoms with E-state index in [0.717, 1.165) is 6.42 Å². The van der Waals surface area contributed by atoms with Gasteiger partial charge >= 0.3 is 0 Å². The summed E-state index contributed by atoms with van der Waals surface area (Å²) in [6, 6.07) is -0.540. The van der Waals surface area contributed by atoms with Crippen LogP contribution < -0.4 is 5.32 Å². The molecule has 8 heteroatoms. The number of aromatic nitrogens is 2. The maximum absolute atomic E-state index is 12.3. The third-order valence-corrected chi connectivity index (χ3v) is 5.15. The molecule has 2 heterocycles. The largest absolute Gasteiger partial charge is 0.378 e. The lowest BCUT2D eigenvalue weighted by atomic mass is 10.1. The fourth-order valence-electron chi connectivity index (χ4n) is 2.41. The Hall–Kier alpha value is -1.54. The molecule has 1 saturated heterocycles. The Bertz CT molecular complexity index is 618. The van der Waals surface area contributed by atoms with E-state index in [1.807, 2.05) is 6.92 Å². The van der Waals surface area contributed by atoms with Gasteiger partial charge in [-0.15, -0.1) is 0 Å². The van der Waals surface area contributed by atoms with Crippen molar-refractivity contribution in [3.63, 3.8) is 0 Å². The molecule has 1 aliphatic heterocycles. The first-order valence-corrected chi connectivity index (χ1v) is 8.62. The van der Waals surface area contributed by atoms with Crippen LogP contribution in [-0.2, 0) is 21.0 Å². The van der Waals surface area contributed by atoms with Gasteiger partial charge in [0, 0.05) is 13.3 Å². The maximum Gasteiger partial charge on any atom is 0.255 e. The molecule has 1 aromatic heterocycles. The van der Waals surface area contributed by atoms with Crippen molar-refractivity contribution in [2.45, 2.75) is 31.9 Å². The van der Waals surface area contributed by atoms with Gasteiger partial charge < -0.3 is 10.1 Å². The predicted molar refractivity (Wildman–Crippen MR) is 76.7 cm³/mol. The van der Waals surface area contributed by atoms with Gasteiger partial charge in [-0.2, -0.15) is 0 Å². The van der Waals surface area contributed by atoms with Crippen LogP contribution in [0.5, 0.6) is 0 Å². The van der Waals surface area contributed by atoms with Crippen LogP contribution in [0.2, 0.25) is 0 Å². The number of hydrogen-bond donors (Lipinski definition) is 1. The highest BCUT2D eigenvalue weighted by molar-refractivity contribution is 7.91. The number of amides is 1. The van der Waals surface area contributed by atoms with Crippen LogP contribution in [0, 0.1) is 0 Å². The van der Waals surface area contributed by atoms with Crippen LogP contribution in [0.25, 0.3) is 0 Å². The van der Waals surface area contributed by atoms with E-state index in [-0.39, 0.29) is 17.4 Å². The number of rotatable bonds is 5. The molecule has 0 unspecified atom stereocenters. The number of hydrogen-bond acceptors (Lipinski definition) is 6. The minimum atomic E-state index is -3.18. The number of nitrogens with one attached hydrogen (secondary N) is 1. The number of carbonyl (C=O) groups is 1. The molecular formula is C13H19N3O4S. The smallest absolute Gasteiger partial charge is 0.255 e. The molecular weight excluding hydrogens is 294 g/mol. The molecule has 21 heavy (non-hydrogen) atoms. The Labute approximate surface area is 124 Å². The predicted octanol–water partition coefficient (Wildman–Crippen LogP) is -0.0291. The molecule has 2 rings (SSSR count). The Balaban J connectivity index is 2.15. The van der Waals surface area contributed by atoms with Crippen molar-refractivity contribution in [2.75, 3.05) is 18.6 Å². The quantitative estimate of drug-likeness (QED) is 0.820. The van der Waals surface area contributed by atoms with Crippen molar-refractivity contribution in [1.29, 1.82) is 0 Å². The average Bonchev–Trinajstić information content (AvgIpc) is 2.74. The van der Waals surface area contributed by atoms with Gasteiger partial charge in [0.25, 0.3) is 5.91 Å². The van der Waals surface area contributed by atoms with E-state index in [1.54, 1.807) is 0 Å². The Morgan fingerprint density at radius 3 is 2.90 bits per heavy atom. The second kappa shape index (κ2) is 6.48. The van der Waals surface area contributed by atoms with Crippen LogP contribution in [0.3, 0.4) is 0 Å². The minimum absolute atomic E-state index is 0.0679. The molecule has 0 spiro atoms. The summed E-state index contributed by atoms with van der Waals surface area (Å²) >= 11 is 0. The Morgan fingerprint density at radius 1 is 1.48 bits per heavy atom. The normalized spacial score (nSPS) is 23.9. The summed E-state index contributed by atoms with van der Waals surface area (Å²) in [5.74, 6) is -0.529. The van der Waals surface area contributed by atoms with E-state index < -0.39 is 22.0 Å². The van der Waals surface area contributed by atoms with Gasteiger partial charge in [-0.25, -0.2) is 18.4 Å². The highest BCUT2D eigenvalue weighted by atomic mass is 32.2. The molecule has 116 valence electrons. The van der Waals surface area contributed by atoms with Gasteiger partial charge in [-0.3, -0.25) is 4.79 Å². The van der Waals surface area contributed by atoms with Crippen molar-refractivity contribution < 1.29 is 17.9 Å². The van der Waals surface area contributed by atoms with Crippen molar-refractivity contribution in [1.82, 2.24) is 15.3 Å². The molecule has 0 aromatic carbocycles. The SMILES string of the molecule is CCCc1ncncc1C(=O)N[C@@H]1CS(=O)(=O)C[C@H]1OC. The summed E-state index contributed by atoms with van der Waals surface area (Å²) < 4.78 is 28.4. The number of aryl methyl sites for hydroxylation is 1. The molecule has 0 radical (unpaired) electrons. The molecule has 1 amide bonds. The average molecular weight is 313 g/mol. The van der Waals surface area contributed by atoms with Gasteiger partial charge in [0.05, 0.1) is 34.9 Å². The summed E-state index contributed by atoms with van der Waals surface area (Å²) in [6.07, 6.45) is 3.87. The van der Waals surface area contributed by atoms with Gasteiger partial charge in [0.2, 0.25) is 0 Å². The molecule has 0 aliphatic carbocycles. The van der Waals surface area contributed by atoms with Crippen molar-refractivity contribution in [3.8, 4) is 0 Å². The third-order valence-electron chi connectivity index (χ3n) is 3.45. The lowest BCUT2D eigenvalue weighted by Gasteiger charge is -2.18. The van der Waals surface area contributed by atoms with Crippen LogP contribution >= 0.6 is 0 Å². The van der Waals surface area contributed by atoms with Gasteiger partial charge in [0.1, 0.15) is 6.33 Å². The summed E-state index contributed by atoms with van der Waals surface area (Å²) in [5.41, 5.74) is 1.05. The standard InChI is InChI=1S/C13H19N3O4S/c1-3-4-10-9(5-14-8-15-10)13(17)16-11-6-21(18,19)7-12(11)20-2/h5,8,11-12H,3-4,6-7H2,1-2H3,(H,16,17)/t11-,12-/m1/s1. The zero-order chi connectivity index (χ0) is 15.5. The monoisotopic (exact) mass is 313 g/mol. The van der Waals surface area contributed by atoms with Gasteiger partial charge in [-0.05, 0) is 6.42 Å². The highest BCUT2D eigenvalue weighted by Crippen LogP contribution is 2.16. The summed E-state index contributed by atoms with van der Waals surface area (Å²) in [4.78, 5) is 20.3. The molecule has 1 aromatic rings. The summed E-state index contributed by atoms with van der Waals surface area (Å²) in [5, 5.41) is 2.73.